The normalized spacial score (nSPS) is 20.5. The Morgan fingerprint density at radius 1 is 1.10 bits per heavy atom. The van der Waals surface area contributed by atoms with Crippen LogP contribution in [0.5, 0.6) is 0 Å². The second-order valence-corrected chi connectivity index (χ2v) is 10.3. The number of rotatable bonds is 8. The van der Waals surface area contributed by atoms with Crippen LogP contribution < -0.4 is 16.0 Å². The van der Waals surface area contributed by atoms with Gasteiger partial charge in [-0.1, -0.05) is 6.42 Å². The molecule has 1 aromatic heterocycles. The lowest BCUT2D eigenvalue weighted by molar-refractivity contribution is -0.137. The van der Waals surface area contributed by atoms with Crippen LogP contribution in [-0.4, -0.2) is 77.4 Å². The van der Waals surface area contributed by atoms with Crippen LogP contribution in [0.3, 0.4) is 0 Å². The summed E-state index contributed by atoms with van der Waals surface area (Å²) in [4.78, 5) is 37.4. The molecular weight excluding hydrogens is 511 g/mol. The predicted molar refractivity (Wildman–Crippen MR) is 143 cm³/mol. The molecule has 1 aliphatic heterocycles. The number of benzene rings is 1. The third-order valence-corrected chi connectivity index (χ3v) is 7.56. The van der Waals surface area contributed by atoms with Crippen molar-refractivity contribution in [1.29, 1.82) is 0 Å². The molecule has 2 heterocycles. The Hall–Kier alpha value is -3.41. The molecule has 2 atom stereocenters. The van der Waals surface area contributed by atoms with Crippen molar-refractivity contribution >= 4 is 29.3 Å². The van der Waals surface area contributed by atoms with Gasteiger partial charge in [-0.15, -0.1) is 0 Å². The van der Waals surface area contributed by atoms with Gasteiger partial charge in [0.2, 0.25) is 11.9 Å². The first-order valence-corrected chi connectivity index (χ1v) is 13.4. The predicted octanol–water partition coefficient (Wildman–Crippen LogP) is 4.12. The van der Waals surface area contributed by atoms with E-state index in [0.717, 1.165) is 38.5 Å². The van der Waals surface area contributed by atoms with Crippen molar-refractivity contribution in [3.05, 3.63) is 41.6 Å². The van der Waals surface area contributed by atoms with Crippen molar-refractivity contribution in [3.63, 3.8) is 0 Å². The van der Waals surface area contributed by atoms with E-state index in [0.29, 0.717) is 30.6 Å². The van der Waals surface area contributed by atoms with Gasteiger partial charge < -0.3 is 25.8 Å². The maximum atomic E-state index is 13.7. The summed E-state index contributed by atoms with van der Waals surface area (Å²) < 4.78 is 41.2. The number of amides is 2. The van der Waals surface area contributed by atoms with E-state index in [1.54, 1.807) is 36.1 Å². The molecule has 1 aromatic carbocycles. The van der Waals surface area contributed by atoms with Gasteiger partial charge in [0.25, 0.3) is 5.91 Å². The van der Waals surface area contributed by atoms with Gasteiger partial charge >= 0.3 is 6.18 Å². The Balaban J connectivity index is 1.47. The summed E-state index contributed by atoms with van der Waals surface area (Å²) in [5, 5.41) is 8.56. The number of carbonyl (C=O) groups excluding carboxylic acids is 2. The molecule has 2 unspecified atom stereocenters. The van der Waals surface area contributed by atoms with Crippen LogP contribution in [0, 0.1) is 5.92 Å². The highest BCUT2D eigenvalue weighted by molar-refractivity contribution is 5.94. The summed E-state index contributed by atoms with van der Waals surface area (Å²) in [6.45, 7) is 4.15. The fourth-order valence-corrected chi connectivity index (χ4v) is 5.26. The lowest BCUT2D eigenvalue weighted by atomic mass is 10.0. The first-order valence-electron chi connectivity index (χ1n) is 13.4. The van der Waals surface area contributed by atoms with Gasteiger partial charge in [-0.2, -0.15) is 18.2 Å². The number of nitrogens with one attached hydrogen (secondary N) is 3. The Labute approximate surface area is 226 Å². The topological polar surface area (TPSA) is 102 Å². The molecule has 2 aliphatic rings. The molecule has 2 fully saturated rings. The standard InChI is InChI=1S/C27H36F3N7O2/c1-4-31-24(38)20-6-5-7-22(20)34-23-21(27(28,29)30)16-32-26(35-23)33-18-10-8-17(9-11-18)25(39)37(3)19-12-14-36(2)15-13-19/h8-11,16,19-20,22H,4-7,12-15H2,1-3H3,(H,31,38)(H2,32,33,34,35). The van der Waals surface area contributed by atoms with E-state index >= 15 is 0 Å². The number of likely N-dealkylation sites (tertiary alicyclic amines) is 1. The number of anilines is 3. The Morgan fingerprint density at radius 3 is 2.44 bits per heavy atom. The molecular formula is C27H36F3N7O2. The molecule has 1 saturated carbocycles. The number of hydrogen-bond acceptors (Lipinski definition) is 7. The summed E-state index contributed by atoms with van der Waals surface area (Å²) in [5.41, 5.74) is 0.0584. The van der Waals surface area contributed by atoms with Gasteiger partial charge in [-0.25, -0.2) is 4.98 Å². The van der Waals surface area contributed by atoms with E-state index in [2.05, 4.69) is 37.9 Å². The first-order chi connectivity index (χ1) is 18.6. The van der Waals surface area contributed by atoms with Gasteiger partial charge in [0, 0.05) is 43.1 Å². The largest absolute Gasteiger partial charge is 0.421 e. The summed E-state index contributed by atoms with van der Waals surface area (Å²) in [6, 6.07) is 6.42. The van der Waals surface area contributed by atoms with Gasteiger partial charge in [0.05, 0.1) is 5.92 Å². The number of hydrogen-bond donors (Lipinski definition) is 3. The SMILES string of the molecule is CCNC(=O)C1CCCC1Nc1nc(Nc2ccc(C(=O)N(C)C3CCN(C)CC3)cc2)ncc1C(F)(F)F. The Bertz CT molecular complexity index is 1150. The number of carbonyl (C=O) groups is 2. The zero-order valence-electron chi connectivity index (χ0n) is 22.5. The highest BCUT2D eigenvalue weighted by Crippen LogP contribution is 2.36. The summed E-state index contributed by atoms with van der Waals surface area (Å²) >= 11 is 0. The van der Waals surface area contributed by atoms with Crippen molar-refractivity contribution in [2.75, 3.05) is 44.4 Å². The number of alkyl halides is 3. The molecule has 212 valence electrons. The van der Waals surface area contributed by atoms with Crippen LogP contribution >= 0.6 is 0 Å². The van der Waals surface area contributed by atoms with Gasteiger partial charge in [-0.3, -0.25) is 9.59 Å². The molecule has 9 nitrogen and oxygen atoms in total. The molecule has 0 spiro atoms. The minimum absolute atomic E-state index is 0.0272. The van der Waals surface area contributed by atoms with E-state index in [1.807, 2.05) is 7.05 Å². The molecule has 0 radical (unpaired) electrons. The second kappa shape index (κ2) is 12.2. The van der Waals surface area contributed by atoms with Crippen LogP contribution in [0.4, 0.5) is 30.6 Å². The molecule has 3 N–H and O–H groups in total. The second-order valence-electron chi connectivity index (χ2n) is 10.3. The van der Waals surface area contributed by atoms with Gasteiger partial charge in [0.15, 0.2) is 0 Å². The number of halogens is 3. The average Bonchev–Trinajstić information content (AvgIpc) is 3.36. The molecule has 4 rings (SSSR count). The minimum Gasteiger partial charge on any atom is -0.366 e. The average molecular weight is 548 g/mol. The fourth-order valence-electron chi connectivity index (χ4n) is 5.26. The highest BCUT2D eigenvalue weighted by atomic mass is 19.4. The zero-order valence-corrected chi connectivity index (χ0v) is 22.5. The van der Waals surface area contributed by atoms with Crippen molar-refractivity contribution in [1.82, 2.24) is 25.1 Å². The smallest absolute Gasteiger partial charge is 0.366 e. The monoisotopic (exact) mass is 547 g/mol. The highest BCUT2D eigenvalue weighted by Gasteiger charge is 2.38. The Kier molecular flexibility index (Phi) is 8.94. The lowest BCUT2D eigenvalue weighted by Gasteiger charge is -2.35. The fraction of sp³-hybridized carbons (Fsp3) is 0.556. The van der Waals surface area contributed by atoms with Crippen LogP contribution in [-0.2, 0) is 11.0 Å². The van der Waals surface area contributed by atoms with E-state index < -0.39 is 23.7 Å². The number of aromatic nitrogens is 2. The van der Waals surface area contributed by atoms with Crippen molar-refractivity contribution in [2.45, 2.75) is 57.3 Å². The molecule has 0 bridgehead atoms. The maximum Gasteiger partial charge on any atom is 0.421 e. The van der Waals surface area contributed by atoms with Crippen LogP contribution in [0.15, 0.2) is 30.5 Å². The molecule has 2 aromatic rings. The van der Waals surface area contributed by atoms with E-state index in [4.69, 9.17) is 0 Å². The van der Waals surface area contributed by atoms with E-state index in [9.17, 15) is 22.8 Å². The van der Waals surface area contributed by atoms with Crippen molar-refractivity contribution in [2.24, 2.45) is 5.92 Å². The molecule has 1 aliphatic carbocycles. The number of nitrogens with zero attached hydrogens (tertiary/aromatic N) is 4. The first kappa shape index (κ1) is 28.6. The van der Waals surface area contributed by atoms with E-state index in [-0.39, 0.29) is 29.6 Å². The third-order valence-electron chi connectivity index (χ3n) is 7.56. The lowest BCUT2D eigenvalue weighted by Crippen LogP contribution is -2.44. The maximum absolute atomic E-state index is 13.7. The van der Waals surface area contributed by atoms with Gasteiger partial charge in [-0.05, 0) is 77.0 Å². The summed E-state index contributed by atoms with van der Waals surface area (Å²) in [7, 11) is 3.89. The molecule has 1 saturated heterocycles. The van der Waals surface area contributed by atoms with Crippen LogP contribution in [0.2, 0.25) is 0 Å². The third kappa shape index (κ3) is 6.97. The molecule has 12 heteroatoms. The van der Waals surface area contributed by atoms with Crippen molar-refractivity contribution < 1.29 is 22.8 Å². The zero-order chi connectivity index (χ0) is 28.2. The van der Waals surface area contributed by atoms with Crippen LogP contribution in [0.1, 0.15) is 54.9 Å². The molecule has 2 amide bonds. The number of piperidine rings is 1. The Morgan fingerprint density at radius 2 is 1.79 bits per heavy atom. The molecule has 39 heavy (non-hydrogen) atoms. The van der Waals surface area contributed by atoms with Gasteiger partial charge in [0.1, 0.15) is 11.4 Å². The quantitative estimate of drug-likeness (QED) is 0.457. The minimum atomic E-state index is -4.66. The summed E-state index contributed by atoms with van der Waals surface area (Å²) in [5.74, 6) is -1.08. The van der Waals surface area contributed by atoms with Crippen LogP contribution in [0.25, 0.3) is 0 Å². The van der Waals surface area contributed by atoms with E-state index in [1.165, 1.54) is 0 Å². The van der Waals surface area contributed by atoms with Crippen molar-refractivity contribution in [3.8, 4) is 0 Å². The summed E-state index contributed by atoms with van der Waals surface area (Å²) in [6.07, 6.45) is -0.193.